The van der Waals surface area contributed by atoms with Gasteiger partial charge in [-0.2, -0.15) is 4.31 Å². The fourth-order valence-electron chi connectivity index (χ4n) is 3.73. The summed E-state index contributed by atoms with van der Waals surface area (Å²) in [5, 5.41) is 0. The van der Waals surface area contributed by atoms with Crippen molar-refractivity contribution in [1.82, 2.24) is 9.21 Å². The Morgan fingerprint density at radius 2 is 1.60 bits per heavy atom. The van der Waals surface area contributed by atoms with Gasteiger partial charge in [-0.3, -0.25) is 4.79 Å². The minimum absolute atomic E-state index is 0.247. The second-order valence-corrected chi connectivity index (χ2v) is 9.37. The van der Waals surface area contributed by atoms with Crippen LogP contribution in [0.5, 0.6) is 0 Å². The van der Waals surface area contributed by atoms with Crippen molar-refractivity contribution >= 4 is 15.9 Å². The minimum atomic E-state index is -3.40. The van der Waals surface area contributed by atoms with Crippen LogP contribution in [0.4, 0.5) is 0 Å². The number of amides is 1. The molecule has 0 spiro atoms. The van der Waals surface area contributed by atoms with Crippen LogP contribution in [0, 0.1) is 11.8 Å². The lowest BCUT2D eigenvalue weighted by molar-refractivity contribution is -0.133. The SMILES string of the molecule is CC1CCN(C(=O)CC2CCN(S(=O)(=O)c3ccccc3)CC2)CC1. The highest BCUT2D eigenvalue weighted by Gasteiger charge is 2.31. The highest BCUT2D eigenvalue weighted by atomic mass is 32.2. The molecule has 2 saturated heterocycles. The second-order valence-electron chi connectivity index (χ2n) is 7.43. The first kappa shape index (κ1) is 18.4. The van der Waals surface area contributed by atoms with Gasteiger partial charge < -0.3 is 4.90 Å². The Bertz CT molecular complexity index is 674. The van der Waals surface area contributed by atoms with Crippen molar-refractivity contribution in [3.05, 3.63) is 30.3 Å². The molecule has 6 heteroatoms. The van der Waals surface area contributed by atoms with E-state index in [0.717, 1.165) is 44.7 Å². The quantitative estimate of drug-likeness (QED) is 0.825. The van der Waals surface area contributed by atoms with Gasteiger partial charge in [0.05, 0.1) is 4.90 Å². The summed E-state index contributed by atoms with van der Waals surface area (Å²) in [5.41, 5.74) is 0. The first-order chi connectivity index (χ1) is 12.0. The molecule has 0 aliphatic carbocycles. The summed E-state index contributed by atoms with van der Waals surface area (Å²) in [7, 11) is -3.40. The van der Waals surface area contributed by atoms with Gasteiger partial charge in [-0.25, -0.2) is 8.42 Å². The lowest BCUT2D eigenvalue weighted by atomic mass is 9.93. The van der Waals surface area contributed by atoms with E-state index in [4.69, 9.17) is 0 Å². The molecule has 0 atom stereocenters. The van der Waals surface area contributed by atoms with E-state index in [0.29, 0.717) is 30.3 Å². The van der Waals surface area contributed by atoms with E-state index in [-0.39, 0.29) is 5.91 Å². The maximum absolute atomic E-state index is 12.6. The van der Waals surface area contributed by atoms with Gasteiger partial charge in [-0.15, -0.1) is 0 Å². The summed E-state index contributed by atoms with van der Waals surface area (Å²) in [4.78, 5) is 14.8. The normalized spacial score (nSPS) is 21.4. The van der Waals surface area contributed by atoms with Crippen molar-refractivity contribution in [2.75, 3.05) is 26.2 Å². The first-order valence-electron chi connectivity index (χ1n) is 9.30. The van der Waals surface area contributed by atoms with Crippen LogP contribution in [0.2, 0.25) is 0 Å². The van der Waals surface area contributed by atoms with Crippen LogP contribution in [-0.2, 0) is 14.8 Å². The average Bonchev–Trinajstić information content (AvgIpc) is 2.63. The van der Waals surface area contributed by atoms with Crippen LogP contribution >= 0.6 is 0 Å². The lowest BCUT2D eigenvalue weighted by Crippen LogP contribution is -2.42. The van der Waals surface area contributed by atoms with E-state index >= 15 is 0 Å². The number of carbonyl (C=O) groups is 1. The number of benzene rings is 1. The maximum Gasteiger partial charge on any atom is 0.243 e. The van der Waals surface area contributed by atoms with Gasteiger partial charge in [0.2, 0.25) is 15.9 Å². The van der Waals surface area contributed by atoms with Crippen LogP contribution in [0.15, 0.2) is 35.2 Å². The smallest absolute Gasteiger partial charge is 0.243 e. The largest absolute Gasteiger partial charge is 0.343 e. The number of piperidine rings is 2. The van der Waals surface area contributed by atoms with Crippen LogP contribution < -0.4 is 0 Å². The van der Waals surface area contributed by atoms with Gasteiger partial charge in [-0.1, -0.05) is 25.1 Å². The highest BCUT2D eigenvalue weighted by molar-refractivity contribution is 7.89. The molecule has 2 heterocycles. The van der Waals surface area contributed by atoms with Gasteiger partial charge in [-0.05, 0) is 49.7 Å². The van der Waals surface area contributed by atoms with E-state index in [1.165, 1.54) is 0 Å². The van der Waals surface area contributed by atoms with Crippen LogP contribution in [0.3, 0.4) is 0 Å². The molecule has 0 radical (unpaired) electrons. The molecular weight excluding hydrogens is 336 g/mol. The van der Waals surface area contributed by atoms with Crippen molar-refractivity contribution < 1.29 is 13.2 Å². The Labute approximate surface area is 151 Å². The van der Waals surface area contributed by atoms with Gasteiger partial charge >= 0.3 is 0 Å². The number of nitrogens with zero attached hydrogens (tertiary/aromatic N) is 2. The molecule has 1 amide bonds. The predicted molar refractivity (Wildman–Crippen MR) is 97.5 cm³/mol. The fourth-order valence-corrected chi connectivity index (χ4v) is 5.22. The van der Waals surface area contributed by atoms with Crippen LogP contribution in [0.25, 0.3) is 0 Å². The lowest BCUT2D eigenvalue weighted by Gasteiger charge is -2.34. The standard InChI is InChI=1S/C19H28N2O3S/c1-16-7-11-20(12-8-16)19(22)15-17-9-13-21(14-10-17)25(23,24)18-5-3-2-4-6-18/h2-6,16-17H,7-15H2,1H3. The van der Waals surface area contributed by atoms with E-state index in [1.807, 2.05) is 11.0 Å². The number of carbonyl (C=O) groups excluding carboxylic acids is 1. The van der Waals surface area contributed by atoms with Crippen LogP contribution in [-0.4, -0.2) is 49.7 Å². The fraction of sp³-hybridized carbons (Fsp3) is 0.632. The molecule has 0 N–H and O–H groups in total. The van der Waals surface area contributed by atoms with Crippen molar-refractivity contribution in [2.45, 2.75) is 43.9 Å². The molecule has 0 saturated carbocycles. The number of rotatable bonds is 4. The zero-order valence-corrected chi connectivity index (χ0v) is 15.7. The summed E-state index contributed by atoms with van der Waals surface area (Å²) in [5.74, 6) is 1.26. The number of hydrogen-bond donors (Lipinski definition) is 0. The third kappa shape index (κ3) is 4.42. The van der Waals surface area contributed by atoms with Gasteiger partial charge in [0.15, 0.2) is 0 Å². The molecule has 25 heavy (non-hydrogen) atoms. The highest BCUT2D eigenvalue weighted by Crippen LogP contribution is 2.27. The number of sulfonamides is 1. The zero-order valence-electron chi connectivity index (χ0n) is 14.9. The first-order valence-corrected chi connectivity index (χ1v) is 10.7. The van der Waals surface area contributed by atoms with Crippen molar-refractivity contribution in [2.24, 2.45) is 11.8 Å². The third-order valence-corrected chi connectivity index (χ3v) is 7.47. The van der Waals surface area contributed by atoms with Crippen molar-refractivity contribution in [3.63, 3.8) is 0 Å². The molecule has 0 aromatic heterocycles. The second kappa shape index (κ2) is 7.87. The summed E-state index contributed by atoms with van der Waals surface area (Å²) < 4.78 is 26.9. The Morgan fingerprint density at radius 3 is 2.20 bits per heavy atom. The third-order valence-electron chi connectivity index (χ3n) is 5.55. The molecule has 138 valence electrons. The summed E-state index contributed by atoms with van der Waals surface area (Å²) in [6, 6.07) is 8.60. The zero-order chi connectivity index (χ0) is 17.9. The molecule has 2 fully saturated rings. The molecule has 2 aliphatic heterocycles. The van der Waals surface area contributed by atoms with Crippen molar-refractivity contribution in [1.29, 1.82) is 0 Å². The number of hydrogen-bond acceptors (Lipinski definition) is 3. The van der Waals surface area contributed by atoms with E-state index in [1.54, 1.807) is 28.6 Å². The molecule has 1 aromatic rings. The molecule has 3 rings (SSSR count). The minimum Gasteiger partial charge on any atom is -0.343 e. The maximum atomic E-state index is 12.6. The Balaban J connectivity index is 1.51. The summed E-state index contributed by atoms with van der Waals surface area (Å²) in [6.45, 7) is 5.01. The monoisotopic (exact) mass is 364 g/mol. The van der Waals surface area contributed by atoms with E-state index in [9.17, 15) is 13.2 Å². The van der Waals surface area contributed by atoms with E-state index in [2.05, 4.69) is 6.92 Å². The van der Waals surface area contributed by atoms with Gasteiger partial charge in [0.1, 0.15) is 0 Å². The van der Waals surface area contributed by atoms with E-state index < -0.39 is 10.0 Å². The molecular formula is C19H28N2O3S. The van der Waals surface area contributed by atoms with Gasteiger partial charge in [0.25, 0.3) is 0 Å². The molecule has 1 aromatic carbocycles. The summed E-state index contributed by atoms with van der Waals surface area (Å²) in [6.07, 6.45) is 4.29. The van der Waals surface area contributed by atoms with Gasteiger partial charge in [0, 0.05) is 32.6 Å². The predicted octanol–water partition coefficient (Wildman–Crippen LogP) is 2.74. The molecule has 5 nitrogen and oxygen atoms in total. The van der Waals surface area contributed by atoms with Crippen molar-refractivity contribution in [3.8, 4) is 0 Å². The Morgan fingerprint density at radius 1 is 1.00 bits per heavy atom. The Hall–Kier alpha value is -1.40. The van der Waals surface area contributed by atoms with Crippen LogP contribution in [0.1, 0.15) is 39.0 Å². The average molecular weight is 365 g/mol. The molecule has 2 aliphatic rings. The Kier molecular flexibility index (Phi) is 5.79. The summed E-state index contributed by atoms with van der Waals surface area (Å²) >= 11 is 0. The molecule has 0 bridgehead atoms. The molecule has 0 unspecified atom stereocenters. The number of likely N-dealkylation sites (tertiary alicyclic amines) is 1. The topological polar surface area (TPSA) is 57.7 Å².